The van der Waals surface area contributed by atoms with Crippen LogP contribution in [0.3, 0.4) is 0 Å². The second-order valence-corrected chi connectivity index (χ2v) is 3.61. The molecule has 0 aromatic heterocycles. The first kappa shape index (κ1) is 12.1. The summed E-state index contributed by atoms with van der Waals surface area (Å²) in [5.41, 5.74) is 0.0388. The van der Waals surface area contributed by atoms with Gasteiger partial charge in [0, 0.05) is 0 Å². The third kappa shape index (κ3) is 2.75. The molecule has 0 saturated heterocycles. The number of halogens is 3. The van der Waals surface area contributed by atoms with Crippen molar-refractivity contribution in [2.24, 2.45) is 0 Å². The average molecular weight is 268 g/mol. The van der Waals surface area contributed by atoms with Gasteiger partial charge in [0.25, 0.3) is 0 Å². The van der Waals surface area contributed by atoms with Crippen LogP contribution in [-0.2, 0) is 0 Å². The molecule has 80 valence electrons. The van der Waals surface area contributed by atoms with Crippen molar-refractivity contribution < 1.29 is 14.7 Å². The zero-order valence-corrected chi connectivity index (χ0v) is 9.34. The van der Waals surface area contributed by atoms with E-state index in [2.05, 4.69) is 0 Å². The van der Waals surface area contributed by atoms with E-state index in [0.717, 1.165) is 0 Å². The Morgan fingerprint density at radius 3 is 2.20 bits per heavy atom. The summed E-state index contributed by atoms with van der Waals surface area (Å²) in [6.45, 7) is 0. The van der Waals surface area contributed by atoms with Crippen molar-refractivity contribution >= 4 is 51.9 Å². The Kier molecular flexibility index (Phi) is 3.79. The first-order valence-electron chi connectivity index (χ1n) is 3.61. The number of benzene rings is 1. The fraction of sp³-hybridized carbons (Fsp3) is 0. The second-order valence-electron chi connectivity index (χ2n) is 2.47. The molecular weight excluding hydrogens is 264 g/mol. The molecule has 0 aliphatic carbocycles. The van der Waals surface area contributed by atoms with Crippen LogP contribution in [0.15, 0.2) is 18.2 Å². The molecule has 0 fully saturated rings. The van der Waals surface area contributed by atoms with Gasteiger partial charge in [-0.15, -0.1) is 0 Å². The van der Waals surface area contributed by atoms with Crippen LogP contribution < -0.4 is 4.90 Å². The van der Waals surface area contributed by atoms with Crippen molar-refractivity contribution in [1.82, 2.24) is 0 Å². The Labute approximate surface area is 99.9 Å². The number of nitrogens with zero attached hydrogens (tertiary/aromatic N) is 1. The number of hydrogen-bond donors (Lipinski definition) is 1. The molecule has 2 amide bonds. The van der Waals surface area contributed by atoms with Crippen LogP contribution in [0.5, 0.6) is 0 Å². The molecule has 1 aromatic rings. The summed E-state index contributed by atoms with van der Waals surface area (Å²) in [5.74, 6) is 0. The van der Waals surface area contributed by atoms with E-state index in [0.29, 0.717) is 4.90 Å². The molecule has 0 unspecified atom stereocenters. The highest BCUT2D eigenvalue weighted by molar-refractivity contribution is 6.68. The third-order valence-electron chi connectivity index (χ3n) is 1.53. The molecule has 0 aliphatic rings. The van der Waals surface area contributed by atoms with Crippen LogP contribution in [0.25, 0.3) is 0 Å². The molecule has 0 atom stereocenters. The maximum atomic E-state index is 10.8. The van der Waals surface area contributed by atoms with Crippen LogP contribution in [0.1, 0.15) is 0 Å². The first-order valence-corrected chi connectivity index (χ1v) is 4.74. The van der Waals surface area contributed by atoms with Crippen LogP contribution >= 0.6 is 34.8 Å². The highest BCUT2D eigenvalue weighted by atomic mass is 35.5. The summed E-state index contributed by atoms with van der Waals surface area (Å²) >= 11 is 16.4. The minimum Gasteiger partial charge on any atom is -0.464 e. The predicted octanol–water partition coefficient (Wildman–Crippen LogP) is 3.84. The molecule has 1 N–H and O–H groups in total. The van der Waals surface area contributed by atoms with Gasteiger partial charge in [-0.25, -0.2) is 9.69 Å². The summed E-state index contributed by atoms with van der Waals surface area (Å²) in [6, 6.07) is 3.93. The van der Waals surface area contributed by atoms with E-state index >= 15 is 0 Å². The molecule has 0 heterocycles. The van der Waals surface area contributed by atoms with Crippen molar-refractivity contribution in [3.8, 4) is 0 Å². The molecule has 15 heavy (non-hydrogen) atoms. The van der Waals surface area contributed by atoms with Crippen LogP contribution in [0.2, 0.25) is 10.0 Å². The number of anilines is 1. The lowest BCUT2D eigenvalue weighted by atomic mass is 10.3. The maximum Gasteiger partial charge on any atom is 0.419 e. The Morgan fingerprint density at radius 2 is 1.80 bits per heavy atom. The van der Waals surface area contributed by atoms with E-state index in [1.165, 1.54) is 18.2 Å². The number of hydrogen-bond acceptors (Lipinski definition) is 2. The van der Waals surface area contributed by atoms with Gasteiger partial charge >= 0.3 is 11.5 Å². The van der Waals surface area contributed by atoms with Crippen LogP contribution in [0, 0.1) is 0 Å². The summed E-state index contributed by atoms with van der Waals surface area (Å²) < 4.78 is 0. The van der Waals surface area contributed by atoms with Crippen molar-refractivity contribution in [3.05, 3.63) is 28.2 Å². The van der Waals surface area contributed by atoms with E-state index in [1.54, 1.807) is 0 Å². The Balaban J connectivity index is 3.18. The second kappa shape index (κ2) is 4.70. The van der Waals surface area contributed by atoms with Gasteiger partial charge in [-0.1, -0.05) is 23.2 Å². The lowest BCUT2D eigenvalue weighted by molar-refractivity contribution is 0.202. The van der Waals surface area contributed by atoms with Crippen molar-refractivity contribution in [1.29, 1.82) is 0 Å². The van der Waals surface area contributed by atoms with Crippen LogP contribution in [-0.4, -0.2) is 16.6 Å². The van der Waals surface area contributed by atoms with Crippen molar-refractivity contribution in [2.75, 3.05) is 4.90 Å². The summed E-state index contributed by atoms with van der Waals surface area (Å²) in [7, 11) is 0. The van der Waals surface area contributed by atoms with Gasteiger partial charge in [-0.2, -0.15) is 0 Å². The first-order chi connectivity index (χ1) is 6.93. The number of rotatable bonds is 1. The number of amides is 2. The highest BCUT2D eigenvalue weighted by Crippen LogP contribution is 2.27. The van der Waals surface area contributed by atoms with Gasteiger partial charge in [-0.3, -0.25) is 4.79 Å². The van der Waals surface area contributed by atoms with E-state index in [-0.39, 0.29) is 15.7 Å². The fourth-order valence-electron chi connectivity index (χ4n) is 0.911. The zero-order valence-electron chi connectivity index (χ0n) is 7.08. The van der Waals surface area contributed by atoms with E-state index in [4.69, 9.17) is 39.9 Å². The molecule has 0 radical (unpaired) electrons. The summed E-state index contributed by atoms with van der Waals surface area (Å²) in [6.07, 6.45) is -1.49. The average Bonchev–Trinajstić information content (AvgIpc) is 2.10. The molecule has 7 heteroatoms. The SMILES string of the molecule is O=C(O)N(C(=O)Cl)c1ccc(Cl)c(Cl)c1. The predicted molar refractivity (Wildman–Crippen MR) is 58.2 cm³/mol. The Bertz CT molecular complexity index is 408. The lowest BCUT2D eigenvalue weighted by Crippen LogP contribution is -2.31. The van der Waals surface area contributed by atoms with Crippen LogP contribution in [0.4, 0.5) is 15.3 Å². The molecule has 4 nitrogen and oxygen atoms in total. The molecular formula is C8H4Cl3NO3. The fourth-order valence-corrected chi connectivity index (χ4v) is 1.37. The van der Waals surface area contributed by atoms with Gasteiger partial charge in [0.05, 0.1) is 15.7 Å². The van der Waals surface area contributed by atoms with E-state index < -0.39 is 11.5 Å². The monoisotopic (exact) mass is 267 g/mol. The molecule has 0 aliphatic heterocycles. The van der Waals surface area contributed by atoms with E-state index in [9.17, 15) is 9.59 Å². The largest absolute Gasteiger partial charge is 0.464 e. The smallest absolute Gasteiger partial charge is 0.419 e. The minimum atomic E-state index is -1.49. The number of carboxylic acid groups (broad SMARTS) is 1. The molecule has 0 saturated carbocycles. The van der Waals surface area contributed by atoms with Gasteiger partial charge in [0.2, 0.25) is 0 Å². The summed E-state index contributed by atoms with van der Waals surface area (Å²) in [5, 5.41) is 7.96. The van der Waals surface area contributed by atoms with Gasteiger partial charge in [0.15, 0.2) is 0 Å². The van der Waals surface area contributed by atoms with Gasteiger partial charge < -0.3 is 5.11 Å². The molecule has 0 spiro atoms. The van der Waals surface area contributed by atoms with Crippen molar-refractivity contribution in [2.45, 2.75) is 0 Å². The lowest BCUT2D eigenvalue weighted by Gasteiger charge is -2.13. The number of carbonyl (C=O) groups is 2. The van der Waals surface area contributed by atoms with E-state index in [1.807, 2.05) is 0 Å². The number of carbonyl (C=O) groups excluding carboxylic acids is 1. The Morgan fingerprint density at radius 1 is 1.20 bits per heavy atom. The quantitative estimate of drug-likeness (QED) is 0.622. The van der Waals surface area contributed by atoms with Gasteiger partial charge in [0.1, 0.15) is 0 Å². The van der Waals surface area contributed by atoms with Gasteiger partial charge in [-0.05, 0) is 29.8 Å². The standard InChI is InChI=1S/C8H4Cl3NO3/c9-5-2-1-4(3-6(5)10)12(7(11)13)8(14)15/h1-3H,(H,14,15). The van der Waals surface area contributed by atoms with Crippen molar-refractivity contribution in [3.63, 3.8) is 0 Å². The molecule has 1 rings (SSSR count). The normalized spacial score (nSPS) is 9.80. The Hall–Kier alpha value is -0.970. The highest BCUT2D eigenvalue weighted by Gasteiger charge is 2.21. The number of imide groups is 1. The molecule has 1 aromatic carbocycles. The minimum absolute atomic E-state index is 0.0388. The molecule has 0 bridgehead atoms. The topological polar surface area (TPSA) is 57.6 Å². The maximum absolute atomic E-state index is 10.8. The summed E-state index contributed by atoms with van der Waals surface area (Å²) in [4.78, 5) is 21.8. The third-order valence-corrected chi connectivity index (χ3v) is 2.44. The zero-order chi connectivity index (χ0) is 11.6.